The zero-order valence-corrected chi connectivity index (χ0v) is 18.7. The number of fused-ring (bicyclic) bond motifs is 1. The van der Waals surface area contributed by atoms with Gasteiger partial charge < -0.3 is 15.5 Å². The Labute approximate surface area is 192 Å². The SMILES string of the molecule is CCOc1ccc([C@H]2Nn3c(CC)nnc3S[C@@H]2C(=O)Nc2cccc(C(F)(F)F)c2)cc1. The largest absolute Gasteiger partial charge is 0.494 e. The third-order valence-corrected chi connectivity index (χ3v) is 6.30. The van der Waals surface area contributed by atoms with Crippen LogP contribution >= 0.6 is 11.8 Å². The number of thioether (sulfide) groups is 1. The molecule has 0 saturated carbocycles. The predicted molar refractivity (Wildman–Crippen MR) is 119 cm³/mol. The van der Waals surface area contributed by atoms with Gasteiger partial charge in [0.15, 0.2) is 5.82 Å². The molecule has 2 heterocycles. The molecule has 11 heteroatoms. The van der Waals surface area contributed by atoms with E-state index in [9.17, 15) is 18.0 Å². The number of hydrogen-bond acceptors (Lipinski definition) is 6. The quantitative estimate of drug-likeness (QED) is 0.538. The van der Waals surface area contributed by atoms with Crippen molar-refractivity contribution in [1.82, 2.24) is 14.9 Å². The number of nitrogens with zero attached hydrogens (tertiary/aromatic N) is 3. The van der Waals surface area contributed by atoms with E-state index in [0.29, 0.717) is 29.8 Å². The molecule has 0 unspecified atom stereocenters. The van der Waals surface area contributed by atoms with Gasteiger partial charge in [0.05, 0.1) is 18.2 Å². The molecule has 33 heavy (non-hydrogen) atoms. The van der Waals surface area contributed by atoms with Crippen molar-refractivity contribution in [3.8, 4) is 5.75 Å². The first kappa shape index (κ1) is 23.0. The van der Waals surface area contributed by atoms with E-state index in [2.05, 4.69) is 20.9 Å². The summed E-state index contributed by atoms with van der Waals surface area (Å²) in [6, 6.07) is 11.4. The standard InChI is InChI=1S/C22H22F3N5O2S/c1-3-17-27-28-21-30(17)29-18(13-8-10-16(11-9-13)32-4-2)19(33-21)20(31)26-15-7-5-6-14(12-15)22(23,24)25/h5-12,18-19,29H,3-4H2,1-2H3,(H,26,31)/t18-,19+/m1/s1. The van der Waals surface area contributed by atoms with Crippen LogP contribution in [0.15, 0.2) is 53.7 Å². The van der Waals surface area contributed by atoms with Crippen LogP contribution < -0.4 is 15.5 Å². The molecule has 0 radical (unpaired) electrons. The van der Waals surface area contributed by atoms with E-state index < -0.39 is 28.9 Å². The number of hydrogen-bond donors (Lipinski definition) is 2. The molecule has 7 nitrogen and oxygen atoms in total. The van der Waals surface area contributed by atoms with Crippen LogP contribution in [0.4, 0.5) is 18.9 Å². The smallest absolute Gasteiger partial charge is 0.416 e. The van der Waals surface area contributed by atoms with Gasteiger partial charge in [0, 0.05) is 12.1 Å². The lowest BCUT2D eigenvalue weighted by atomic mass is 10.0. The van der Waals surface area contributed by atoms with Crippen LogP contribution in [-0.4, -0.2) is 32.6 Å². The monoisotopic (exact) mass is 477 g/mol. The number of carbonyl (C=O) groups excluding carboxylic acids is 1. The summed E-state index contributed by atoms with van der Waals surface area (Å²) in [5.41, 5.74) is 3.36. The average molecular weight is 478 g/mol. The molecule has 2 aromatic carbocycles. The summed E-state index contributed by atoms with van der Waals surface area (Å²) in [5.74, 6) is 0.970. The number of aryl methyl sites for hydroxylation is 1. The van der Waals surface area contributed by atoms with Gasteiger partial charge in [-0.15, -0.1) is 10.2 Å². The molecule has 2 atom stereocenters. The molecule has 2 N–H and O–H groups in total. The number of carbonyl (C=O) groups is 1. The Kier molecular flexibility index (Phi) is 6.50. The van der Waals surface area contributed by atoms with Crippen molar-refractivity contribution in [2.24, 2.45) is 0 Å². The minimum atomic E-state index is -4.50. The molecule has 0 saturated heterocycles. The number of amides is 1. The Morgan fingerprint density at radius 1 is 1.18 bits per heavy atom. The summed E-state index contributed by atoms with van der Waals surface area (Å²) in [7, 11) is 0. The number of aromatic nitrogens is 3. The summed E-state index contributed by atoms with van der Waals surface area (Å²) in [5, 5.41) is 10.7. The van der Waals surface area contributed by atoms with Crippen molar-refractivity contribution in [3.63, 3.8) is 0 Å². The number of alkyl halides is 3. The fourth-order valence-electron chi connectivity index (χ4n) is 3.50. The fraction of sp³-hybridized carbons (Fsp3) is 0.318. The maximum atomic E-state index is 13.2. The summed E-state index contributed by atoms with van der Waals surface area (Å²) in [6.45, 7) is 4.37. The van der Waals surface area contributed by atoms with Gasteiger partial charge in [-0.2, -0.15) is 13.2 Å². The Morgan fingerprint density at radius 3 is 2.61 bits per heavy atom. The van der Waals surface area contributed by atoms with E-state index >= 15 is 0 Å². The van der Waals surface area contributed by atoms with Gasteiger partial charge in [-0.05, 0) is 42.8 Å². The third-order valence-electron chi connectivity index (χ3n) is 5.09. The molecule has 1 aromatic heterocycles. The van der Waals surface area contributed by atoms with Crippen molar-refractivity contribution >= 4 is 23.4 Å². The van der Waals surface area contributed by atoms with Crippen LogP contribution in [-0.2, 0) is 17.4 Å². The zero-order chi connectivity index (χ0) is 23.6. The Hall–Kier alpha value is -3.21. The fourth-order valence-corrected chi connectivity index (χ4v) is 4.60. The van der Waals surface area contributed by atoms with Crippen molar-refractivity contribution in [3.05, 3.63) is 65.5 Å². The van der Waals surface area contributed by atoms with Crippen molar-refractivity contribution < 1.29 is 22.7 Å². The van der Waals surface area contributed by atoms with Gasteiger partial charge in [0.2, 0.25) is 11.1 Å². The van der Waals surface area contributed by atoms with Gasteiger partial charge in [0.25, 0.3) is 0 Å². The summed E-state index contributed by atoms with van der Waals surface area (Å²) in [6.07, 6.45) is -3.86. The number of nitrogens with one attached hydrogen (secondary N) is 2. The van der Waals surface area contributed by atoms with E-state index in [1.807, 2.05) is 38.1 Å². The highest BCUT2D eigenvalue weighted by atomic mass is 32.2. The molecule has 1 aliphatic heterocycles. The van der Waals surface area contributed by atoms with Gasteiger partial charge in [0.1, 0.15) is 11.0 Å². The molecule has 0 fully saturated rings. The van der Waals surface area contributed by atoms with Crippen molar-refractivity contribution in [2.45, 2.75) is 42.9 Å². The molecule has 0 aliphatic carbocycles. The molecule has 0 bridgehead atoms. The molecule has 4 rings (SSSR count). The highest BCUT2D eigenvalue weighted by molar-refractivity contribution is 8.00. The minimum absolute atomic E-state index is 0.0714. The Balaban J connectivity index is 1.64. The van der Waals surface area contributed by atoms with Gasteiger partial charge >= 0.3 is 6.18 Å². The number of benzene rings is 2. The molecule has 0 spiro atoms. The number of anilines is 1. The lowest BCUT2D eigenvalue weighted by Crippen LogP contribution is -2.41. The Morgan fingerprint density at radius 2 is 1.94 bits per heavy atom. The number of ether oxygens (including phenoxy) is 1. The highest BCUT2D eigenvalue weighted by Crippen LogP contribution is 2.38. The van der Waals surface area contributed by atoms with E-state index in [0.717, 1.165) is 17.7 Å². The summed E-state index contributed by atoms with van der Waals surface area (Å²) >= 11 is 1.21. The molecule has 174 valence electrons. The number of rotatable bonds is 6. The lowest BCUT2D eigenvalue weighted by molar-refractivity contribution is -0.137. The maximum absolute atomic E-state index is 13.2. The normalized spacial score (nSPS) is 17.7. The maximum Gasteiger partial charge on any atom is 0.416 e. The lowest BCUT2D eigenvalue weighted by Gasteiger charge is -2.33. The zero-order valence-electron chi connectivity index (χ0n) is 17.9. The third kappa shape index (κ3) is 4.92. The second-order valence-electron chi connectivity index (χ2n) is 7.30. The van der Waals surface area contributed by atoms with Crippen molar-refractivity contribution in [1.29, 1.82) is 0 Å². The number of halogens is 3. The van der Waals surface area contributed by atoms with Crippen LogP contribution in [0.3, 0.4) is 0 Å². The van der Waals surface area contributed by atoms with Gasteiger partial charge in [-0.25, -0.2) is 4.68 Å². The van der Waals surface area contributed by atoms with E-state index in [-0.39, 0.29) is 5.69 Å². The van der Waals surface area contributed by atoms with E-state index in [1.54, 1.807) is 4.68 Å². The summed E-state index contributed by atoms with van der Waals surface area (Å²) in [4.78, 5) is 13.2. The summed E-state index contributed by atoms with van der Waals surface area (Å²) < 4.78 is 46.5. The molecule has 1 amide bonds. The van der Waals surface area contributed by atoms with Crippen LogP contribution in [0.25, 0.3) is 0 Å². The van der Waals surface area contributed by atoms with Crippen LogP contribution in [0.5, 0.6) is 5.75 Å². The predicted octanol–water partition coefficient (Wildman–Crippen LogP) is 4.66. The van der Waals surface area contributed by atoms with E-state index in [4.69, 9.17) is 4.74 Å². The second-order valence-corrected chi connectivity index (χ2v) is 8.41. The van der Waals surface area contributed by atoms with E-state index in [1.165, 1.54) is 23.9 Å². The molecular weight excluding hydrogens is 455 g/mol. The van der Waals surface area contributed by atoms with Crippen LogP contribution in [0.1, 0.15) is 36.8 Å². The van der Waals surface area contributed by atoms with Crippen molar-refractivity contribution in [2.75, 3.05) is 17.3 Å². The highest BCUT2D eigenvalue weighted by Gasteiger charge is 2.38. The molecule has 3 aromatic rings. The molecular formula is C22H22F3N5O2S. The first-order valence-corrected chi connectivity index (χ1v) is 11.3. The average Bonchev–Trinajstić information content (AvgIpc) is 3.21. The van der Waals surface area contributed by atoms with Crippen LogP contribution in [0.2, 0.25) is 0 Å². The second kappa shape index (κ2) is 9.34. The first-order valence-electron chi connectivity index (χ1n) is 10.4. The van der Waals surface area contributed by atoms with Gasteiger partial charge in [-0.3, -0.25) is 4.79 Å². The minimum Gasteiger partial charge on any atom is -0.494 e. The topological polar surface area (TPSA) is 81.1 Å². The molecule has 1 aliphatic rings. The Bertz CT molecular complexity index is 1130. The van der Waals surface area contributed by atoms with Crippen LogP contribution in [0, 0.1) is 0 Å². The first-order chi connectivity index (χ1) is 15.8. The van der Waals surface area contributed by atoms with Gasteiger partial charge in [-0.1, -0.05) is 36.9 Å².